The number of nitrogens with zero attached hydrogens (tertiary/aromatic N) is 2. The molecule has 0 aliphatic rings. The Kier molecular flexibility index (Phi) is 5.00. The number of aromatic nitrogens is 2. The van der Waals surface area contributed by atoms with Crippen LogP contribution in [0.3, 0.4) is 0 Å². The van der Waals surface area contributed by atoms with Gasteiger partial charge in [-0.15, -0.1) is 11.3 Å². The number of non-ortho nitro benzene ring substituents is 1. The zero-order chi connectivity index (χ0) is 20.5. The van der Waals surface area contributed by atoms with Crippen molar-refractivity contribution in [1.29, 1.82) is 0 Å². The lowest BCUT2D eigenvalue weighted by Gasteiger charge is -2.03. The van der Waals surface area contributed by atoms with Crippen molar-refractivity contribution in [2.75, 3.05) is 0 Å². The van der Waals surface area contributed by atoms with Gasteiger partial charge in [0.05, 0.1) is 15.3 Å². The Labute approximate surface area is 174 Å². The van der Waals surface area contributed by atoms with Crippen LogP contribution in [0.4, 0.5) is 5.69 Å². The minimum atomic E-state index is -0.477. The van der Waals surface area contributed by atoms with E-state index < -0.39 is 4.92 Å². The predicted molar refractivity (Wildman–Crippen MR) is 117 cm³/mol. The summed E-state index contributed by atoms with van der Waals surface area (Å²) in [4.78, 5) is 31.0. The molecule has 2 aromatic carbocycles. The summed E-state index contributed by atoms with van der Waals surface area (Å²) in [5, 5.41) is 13.5. The number of hydrogen-bond donors (Lipinski definition) is 1. The fourth-order valence-corrected chi connectivity index (χ4v) is 4.11. The molecule has 0 bridgehead atoms. The number of halogens is 1. The fourth-order valence-electron chi connectivity index (χ4n) is 2.95. The lowest BCUT2D eigenvalue weighted by Crippen LogP contribution is -2.10. The zero-order valence-corrected chi connectivity index (χ0v) is 16.8. The highest BCUT2D eigenvalue weighted by Crippen LogP contribution is 2.32. The quantitative estimate of drug-likeness (QED) is 0.341. The SMILES string of the molecule is Cc1ccc(-c2csc3nc(/C(Cl)=C/c4cccc([N+](=O)[O-])c4)[nH]c(=O)c23)cc1. The molecule has 0 saturated carbocycles. The average Bonchev–Trinajstić information content (AvgIpc) is 3.13. The van der Waals surface area contributed by atoms with Gasteiger partial charge in [0.25, 0.3) is 11.2 Å². The highest BCUT2D eigenvalue weighted by molar-refractivity contribution is 7.17. The zero-order valence-electron chi connectivity index (χ0n) is 15.2. The van der Waals surface area contributed by atoms with E-state index in [0.717, 1.165) is 16.7 Å². The number of aryl methyl sites for hydroxylation is 1. The Hall–Kier alpha value is -3.29. The number of aromatic amines is 1. The molecule has 0 aliphatic carbocycles. The number of hydrogen-bond acceptors (Lipinski definition) is 5. The van der Waals surface area contributed by atoms with Crippen molar-refractivity contribution in [1.82, 2.24) is 9.97 Å². The van der Waals surface area contributed by atoms with Crippen LogP contribution in [0.25, 0.3) is 32.5 Å². The molecule has 4 aromatic rings. The molecule has 0 radical (unpaired) electrons. The molecule has 0 atom stereocenters. The van der Waals surface area contributed by atoms with Crippen LogP contribution in [-0.2, 0) is 0 Å². The molecular formula is C21H14ClN3O3S. The Morgan fingerprint density at radius 3 is 2.72 bits per heavy atom. The Balaban J connectivity index is 1.76. The topological polar surface area (TPSA) is 88.9 Å². The van der Waals surface area contributed by atoms with Crippen LogP contribution in [0, 0.1) is 17.0 Å². The van der Waals surface area contributed by atoms with Gasteiger partial charge in [0, 0.05) is 23.1 Å². The number of benzene rings is 2. The van der Waals surface area contributed by atoms with Crippen molar-refractivity contribution in [3.8, 4) is 11.1 Å². The lowest BCUT2D eigenvalue weighted by atomic mass is 10.1. The molecule has 2 aromatic heterocycles. The normalized spacial score (nSPS) is 11.7. The van der Waals surface area contributed by atoms with E-state index in [-0.39, 0.29) is 22.1 Å². The maximum atomic E-state index is 12.8. The van der Waals surface area contributed by atoms with Gasteiger partial charge in [-0.1, -0.05) is 53.6 Å². The molecule has 0 aliphatic heterocycles. The summed E-state index contributed by atoms with van der Waals surface area (Å²) in [6, 6.07) is 14.0. The molecule has 0 amide bonds. The average molecular weight is 424 g/mol. The molecule has 8 heteroatoms. The third-order valence-electron chi connectivity index (χ3n) is 4.41. The van der Waals surface area contributed by atoms with Crippen molar-refractivity contribution in [2.45, 2.75) is 6.92 Å². The highest BCUT2D eigenvalue weighted by Gasteiger charge is 2.14. The minimum Gasteiger partial charge on any atom is -0.305 e. The molecule has 144 valence electrons. The molecule has 29 heavy (non-hydrogen) atoms. The standard InChI is InChI=1S/C21H14ClN3O3S/c1-12-5-7-14(8-6-12)16-11-29-21-18(16)20(26)23-19(24-21)17(22)10-13-3-2-4-15(9-13)25(27)28/h2-11H,1H3,(H,23,24,26)/b17-10-. The van der Waals surface area contributed by atoms with Gasteiger partial charge in [0.15, 0.2) is 5.82 Å². The van der Waals surface area contributed by atoms with Crippen LogP contribution in [0.1, 0.15) is 17.0 Å². The van der Waals surface area contributed by atoms with Crippen LogP contribution in [0.2, 0.25) is 0 Å². The third-order valence-corrected chi connectivity index (χ3v) is 5.57. The van der Waals surface area contributed by atoms with Crippen molar-refractivity contribution in [3.63, 3.8) is 0 Å². The van der Waals surface area contributed by atoms with Crippen molar-refractivity contribution in [2.24, 2.45) is 0 Å². The third kappa shape index (κ3) is 3.83. The molecule has 2 heterocycles. The second kappa shape index (κ2) is 7.62. The number of H-pyrrole nitrogens is 1. The lowest BCUT2D eigenvalue weighted by molar-refractivity contribution is -0.384. The molecule has 6 nitrogen and oxygen atoms in total. The number of nitro benzene ring substituents is 1. The summed E-state index contributed by atoms with van der Waals surface area (Å²) in [5.74, 6) is 0.216. The molecule has 0 unspecified atom stereocenters. The van der Waals surface area contributed by atoms with E-state index >= 15 is 0 Å². The van der Waals surface area contributed by atoms with Gasteiger partial charge in [-0.05, 0) is 24.1 Å². The number of rotatable bonds is 4. The Morgan fingerprint density at radius 1 is 1.24 bits per heavy atom. The summed E-state index contributed by atoms with van der Waals surface area (Å²) in [6.45, 7) is 2.01. The van der Waals surface area contributed by atoms with E-state index in [0.29, 0.717) is 15.8 Å². The van der Waals surface area contributed by atoms with E-state index in [1.807, 2.05) is 36.6 Å². The number of fused-ring (bicyclic) bond motifs is 1. The predicted octanol–water partition coefficient (Wildman–Crippen LogP) is 5.61. The van der Waals surface area contributed by atoms with Crippen LogP contribution in [0.15, 0.2) is 58.7 Å². The Bertz CT molecular complexity index is 1320. The maximum Gasteiger partial charge on any atom is 0.270 e. The smallest absolute Gasteiger partial charge is 0.270 e. The van der Waals surface area contributed by atoms with Crippen LogP contribution >= 0.6 is 22.9 Å². The van der Waals surface area contributed by atoms with E-state index in [4.69, 9.17) is 11.6 Å². The first-order chi connectivity index (χ1) is 13.9. The maximum absolute atomic E-state index is 12.8. The first-order valence-corrected chi connectivity index (χ1v) is 9.89. The van der Waals surface area contributed by atoms with Crippen LogP contribution in [0.5, 0.6) is 0 Å². The fraction of sp³-hybridized carbons (Fsp3) is 0.0476. The number of nitro groups is 1. The van der Waals surface area contributed by atoms with Gasteiger partial charge >= 0.3 is 0 Å². The van der Waals surface area contributed by atoms with Gasteiger partial charge in [-0.2, -0.15) is 0 Å². The van der Waals surface area contributed by atoms with Crippen molar-refractivity contribution < 1.29 is 4.92 Å². The van der Waals surface area contributed by atoms with E-state index in [2.05, 4.69) is 9.97 Å². The van der Waals surface area contributed by atoms with E-state index in [9.17, 15) is 14.9 Å². The van der Waals surface area contributed by atoms with Crippen LogP contribution in [-0.4, -0.2) is 14.9 Å². The molecule has 0 fully saturated rings. The minimum absolute atomic E-state index is 0.0406. The van der Waals surface area contributed by atoms with Crippen LogP contribution < -0.4 is 5.56 Å². The summed E-state index contributed by atoms with van der Waals surface area (Å²) >= 11 is 7.71. The monoisotopic (exact) mass is 423 g/mol. The molecule has 1 N–H and O–H groups in total. The van der Waals surface area contributed by atoms with E-state index in [1.165, 1.54) is 29.5 Å². The van der Waals surface area contributed by atoms with E-state index in [1.54, 1.807) is 12.1 Å². The van der Waals surface area contributed by atoms with Crippen molar-refractivity contribution >= 4 is 50.0 Å². The second-order valence-electron chi connectivity index (χ2n) is 6.45. The largest absolute Gasteiger partial charge is 0.305 e. The number of nitrogens with one attached hydrogen (secondary N) is 1. The highest BCUT2D eigenvalue weighted by atomic mass is 35.5. The van der Waals surface area contributed by atoms with Gasteiger partial charge in [0.1, 0.15) is 4.83 Å². The van der Waals surface area contributed by atoms with Gasteiger partial charge in [-0.3, -0.25) is 14.9 Å². The molecule has 0 saturated heterocycles. The molecule has 0 spiro atoms. The van der Waals surface area contributed by atoms with Gasteiger partial charge in [-0.25, -0.2) is 4.98 Å². The first kappa shape index (κ1) is 19.0. The summed E-state index contributed by atoms with van der Waals surface area (Å²) in [6.07, 6.45) is 1.53. The van der Waals surface area contributed by atoms with Gasteiger partial charge < -0.3 is 4.98 Å². The first-order valence-electron chi connectivity index (χ1n) is 8.63. The summed E-state index contributed by atoms with van der Waals surface area (Å²) in [5.41, 5.74) is 3.12. The Morgan fingerprint density at radius 2 is 2.00 bits per heavy atom. The summed E-state index contributed by atoms with van der Waals surface area (Å²) in [7, 11) is 0. The van der Waals surface area contributed by atoms with Gasteiger partial charge in [0.2, 0.25) is 0 Å². The summed E-state index contributed by atoms with van der Waals surface area (Å²) < 4.78 is 0. The number of thiophene rings is 1. The molecule has 4 rings (SSSR count). The van der Waals surface area contributed by atoms with Crippen molar-refractivity contribution in [3.05, 3.63) is 91.3 Å². The molecular weight excluding hydrogens is 410 g/mol. The second-order valence-corrected chi connectivity index (χ2v) is 7.72.